The van der Waals surface area contributed by atoms with Gasteiger partial charge in [-0.1, -0.05) is 43.4 Å². The van der Waals surface area contributed by atoms with E-state index in [0.29, 0.717) is 10.5 Å². The third-order valence-electron chi connectivity index (χ3n) is 1.31. The van der Waals surface area contributed by atoms with Crippen molar-refractivity contribution >= 4 is 28.7 Å². The molecule has 66 valence electrons. The third-order valence-corrected chi connectivity index (χ3v) is 3.54. The van der Waals surface area contributed by atoms with Crippen LogP contribution in [0, 0.1) is 5.41 Å². The Kier molecular flexibility index (Phi) is 4.13. The van der Waals surface area contributed by atoms with Gasteiger partial charge in [-0.15, -0.1) is 0 Å². The molecule has 0 aliphatic carbocycles. The summed E-state index contributed by atoms with van der Waals surface area (Å²) in [5, 5.41) is 0. The van der Waals surface area contributed by atoms with Gasteiger partial charge in [0.1, 0.15) is 6.61 Å². The number of carbonyl (C=O) groups excluding carboxylic acids is 1. The van der Waals surface area contributed by atoms with E-state index >= 15 is 0 Å². The number of hydrogen-bond acceptors (Lipinski definition) is 2. The lowest BCUT2D eigenvalue weighted by atomic mass is 9.93. The number of ether oxygens (including phenoxy) is 1. The van der Waals surface area contributed by atoms with Crippen LogP contribution in [0.2, 0.25) is 0 Å². The Morgan fingerprint density at radius 3 is 2.36 bits per heavy atom. The summed E-state index contributed by atoms with van der Waals surface area (Å²) in [5.41, 5.74) is 4.97. The molecule has 3 nitrogen and oxygen atoms in total. The van der Waals surface area contributed by atoms with Crippen LogP contribution in [0.5, 0.6) is 0 Å². The summed E-state index contributed by atoms with van der Waals surface area (Å²) in [5.74, 6) is 0. The predicted octanol–water partition coefficient (Wildman–Crippen LogP) is 1.93. The van der Waals surface area contributed by atoms with Gasteiger partial charge in [0.2, 0.25) is 0 Å². The molecule has 11 heavy (non-hydrogen) atoms. The van der Waals surface area contributed by atoms with Crippen LogP contribution >= 0.6 is 22.6 Å². The van der Waals surface area contributed by atoms with E-state index in [1.165, 1.54) is 0 Å². The molecule has 0 fully saturated rings. The van der Waals surface area contributed by atoms with Crippen LogP contribution in [0.1, 0.15) is 20.8 Å². The average Bonchev–Trinajstić information content (AvgIpc) is 1.80. The molecule has 0 spiro atoms. The lowest BCUT2D eigenvalue weighted by Gasteiger charge is -2.24. The standard InChI is InChI=1S/C7H14INO2/c1-7(2,3)5(8)4-11-6(9)10/h5H,4H2,1-3H3,(H2,9,10). The number of primary amides is 1. The quantitative estimate of drug-likeness (QED) is 0.616. The Morgan fingerprint density at radius 2 is 2.09 bits per heavy atom. The molecular weight excluding hydrogens is 257 g/mol. The second kappa shape index (κ2) is 4.13. The zero-order valence-electron chi connectivity index (χ0n) is 7.06. The van der Waals surface area contributed by atoms with Crippen LogP contribution in [-0.2, 0) is 4.74 Å². The number of hydrogen-bond donors (Lipinski definition) is 1. The third kappa shape index (κ3) is 5.29. The van der Waals surface area contributed by atoms with Crippen molar-refractivity contribution in [1.29, 1.82) is 0 Å². The summed E-state index contributed by atoms with van der Waals surface area (Å²) in [6.07, 6.45) is -0.698. The molecule has 2 N–H and O–H groups in total. The largest absolute Gasteiger partial charge is 0.449 e. The van der Waals surface area contributed by atoms with Crippen LogP contribution in [0.25, 0.3) is 0 Å². The fourth-order valence-corrected chi connectivity index (χ4v) is 0.585. The van der Waals surface area contributed by atoms with Crippen LogP contribution in [0.4, 0.5) is 4.79 Å². The lowest BCUT2D eigenvalue weighted by molar-refractivity contribution is 0.147. The zero-order valence-corrected chi connectivity index (χ0v) is 9.21. The number of rotatable bonds is 2. The minimum Gasteiger partial charge on any atom is -0.449 e. The van der Waals surface area contributed by atoms with Crippen LogP contribution in [-0.4, -0.2) is 16.6 Å². The highest BCUT2D eigenvalue weighted by atomic mass is 127. The highest BCUT2D eigenvalue weighted by Gasteiger charge is 2.22. The van der Waals surface area contributed by atoms with Crippen molar-refractivity contribution in [2.24, 2.45) is 11.1 Å². The van der Waals surface area contributed by atoms with E-state index < -0.39 is 6.09 Å². The van der Waals surface area contributed by atoms with Gasteiger partial charge in [0.25, 0.3) is 0 Å². The molecule has 0 rings (SSSR count). The van der Waals surface area contributed by atoms with Gasteiger partial charge in [-0.05, 0) is 5.41 Å². The number of nitrogens with two attached hydrogens (primary N) is 1. The topological polar surface area (TPSA) is 52.3 Å². The summed E-state index contributed by atoms with van der Waals surface area (Å²) in [7, 11) is 0. The summed E-state index contributed by atoms with van der Waals surface area (Å²) < 4.78 is 4.96. The first-order valence-electron chi connectivity index (χ1n) is 3.40. The minimum atomic E-state index is -0.698. The maximum atomic E-state index is 10.2. The Hall–Kier alpha value is 0. The van der Waals surface area contributed by atoms with Gasteiger partial charge in [-0.25, -0.2) is 4.79 Å². The maximum absolute atomic E-state index is 10.2. The van der Waals surface area contributed by atoms with Crippen molar-refractivity contribution in [2.75, 3.05) is 6.61 Å². The predicted molar refractivity (Wildman–Crippen MR) is 52.8 cm³/mol. The number of amides is 1. The maximum Gasteiger partial charge on any atom is 0.404 e. The van der Waals surface area contributed by atoms with Crippen LogP contribution < -0.4 is 5.73 Å². The SMILES string of the molecule is CC(C)(C)C(I)COC(N)=O. The normalized spacial score (nSPS) is 14.2. The van der Waals surface area contributed by atoms with E-state index in [1.807, 2.05) is 0 Å². The second-order valence-electron chi connectivity index (χ2n) is 3.46. The molecular formula is C7H14INO2. The second-order valence-corrected chi connectivity index (χ2v) is 4.97. The van der Waals surface area contributed by atoms with E-state index in [0.717, 1.165) is 0 Å². The Balaban J connectivity index is 3.70. The van der Waals surface area contributed by atoms with Gasteiger partial charge in [-0.2, -0.15) is 0 Å². The zero-order chi connectivity index (χ0) is 9.07. The number of alkyl halides is 1. The smallest absolute Gasteiger partial charge is 0.404 e. The van der Waals surface area contributed by atoms with Crippen molar-refractivity contribution in [3.05, 3.63) is 0 Å². The molecule has 1 unspecified atom stereocenters. The van der Waals surface area contributed by atoms with E-state index in [4.69, 9.17) is 5.73 Å². The van der Waals surface area contributed by atoms with Crippen molar-refractivity contribution in [3.63, 3.8) is 0 Å². The van der Waals surface area contributed by atoms with E-state index in [1.54, 1.807) is 0 Å². The molecule has 0 bridgehead atoms. The van der Waals surface area contributed by atoms with Gasteiger partial charge >= 0.3 is 6.09 Å². The molecule has 4 heteroatoms. The Morgan fingerprint density at radius 1 is 1.64 bits per heavy atom. The van der Waals surface area contributed by atoms with Crippen LogP contribution in [0.3, 0.4) is 0 Å². The first kappa shape index (κ1) is 11.0. The Bertz CT molecular complexity index is 142. The monoisotopic (exact) mass is 271 g/mol. The molecule has 0 aromatic rings. The van der Waals surface area contributed by atoms with Crippen LogP contribution in [0.15, 0.2) is 0 Å². The number of halogens is 1. The van der Waals surface area contributed by atoms with Gasteiger partial charge in [0, 0.05) is 0 Å². The van der Waals surface area contributed by atoms with E-state index in [-0.39, 0.29) is 5.41 Å². The van der Waals surface area contributed by atoms with Crippen molar-refractivity contribution < 1.29 is 9.53 Å². The molecule has 0 heterocycles. The highest BCUT2D eigenvalue weighted by molar-refractivity contribution is 14.1. The molecule has 0 aliphatic heterocycles. The van der Waals surface area contributed by atoms with E-state index in [2.05, 4.69) is 48.1 Å². The molecule has 0 aromatic heterocycles. The van der Waals surface area contributed by atoms with Crippen molar-refractivity contribution in [2.45, 2.75) is 24.7 Å². The fourth-order valence-electron chi connectivity index (χ4n) is 0.405. The molecule has 1 amide bonds. The molecule has 0 saturated carbocycles. The first-order valence-corrected chi connectivity index (χ1v) is 4.65. The molecule has 0 radical (unpaired) electrons. The summed E-state index contributed by atoms with van der Waals surface area (Å²) in [6.45, 7) is 6.66. The first-order chi connectivity index (χ1) is 4.84. The van der Waals surface area contributed by atoms with Gasteiger partial charge < -0.3 is 10.5 Å². The molecule has 0 aliphatic rings. The summed E-state index contributed by atoms with van der Waals surface area (Å²) in [4.78, 5) is 10.2. The van der Waals surface area contributed by atoms with Crippen molar-refractivity contribution in [1.82, 2.24) is 0 Å². The van der Waals surface area contributed by atoms with Crippen molar-refractivity contribution in [3.8, 4) is 0 Å². The summed E-state index contributed by atoms with van der Waals surface area (Å²) >= 11 is 2.25. The van der Waals surface area contributed by atoms with Gasteiger partial charge in [0.05, 0.1) is 3.92 Å². The summed E-state index contributed by atoms with van der Waals surface area (Å²) in [6, 6.07) is 0. The van der Waals surface area contributed by atoms with Gasteiger partial charge in [-0.3, -0.25) is 0 Å². The van der Waals surface area contributed by atoms with Gasteiger partial charge in [0.15, 0.2) is 0 Å². The lowest BCUT2D eigenvalue weighted by Crippen LogP contribution is -2.28. The Labute approximate surface area is 80.8 Å². The minimum absolute atomic E-state index is 0.149. The fraction of sp³-hybridized carbons (Fsp3) is 0.857. The molecule has 1 atom stereocenters. The molecule has 0 saturated heterocycles. The van der Waals surface area contributed by atoms with E-state index in [9.17, 15) is 4.79 Å². The highest BCUT2D eigenvalue weighted by Crippen LogP contribution is 2.26. The molecule has 0 aromatic carbocycles. The average molecular weight is 271 g/mol. The number of carbonyl (C=O) groups is 1.